The number of likely N-dealkylation sites (tertiary alicyclic amines) is 1. The number of methoxy groups -OCH3 is 1. The second-order valence-corrected chi connectivity index (χ2v) is 7.54. The van der Waals surface area contributed by atoms with E-state index in [4.69, 9.17) is 4.74 Å². The van der Waals surface area contributed by atoms with Gasteiger partial charge in [-0.05, 0) is 57.2 Å². The second kappa shape index (κ2) is 7.78. The van der Waals surface area contributed by atoms with Gasteiger partial charge in [0.1, 0.15) is 5.60 Å². The van der Waals surface area contributed by atoms with Gasteiger partial charge in [-0.25, -0.2) is 9.59 Å². The van der Waals surface area contributed by atoms with Crippen LogP contribution in [0.25, 0.3) is 0 Å². The van der Waals surface area contributed by atoms with E-state index in [1.807, 2.05) is 0 Å². The van der Waals surface area contributed by atoms with Crippen molar-refractivity contribution in [1.29, 1.82) is 0 Å². The lowest BCUT2D eigenvalue weighted by Gasteiger charge is -2.33. The first kappa shape index (κ1) is 21.1. The maximum atomic E-state index is 13.1. The Morgan fingerprint density at radius 2 is 1.70 bits per heavy atom. The third-order valence-corrected chi connectivity index (χ3v) is 4.37. The number of amides is 1. The summed E-state index contributed by atoms with van der Waals surface area (Å²) in [6.07, 6.45) is -3.89. The highest BCUT2D eigenvalue weighted by Crippen LogP contribution is 2.36. The fraction of sp³-hybridized carbons (Fsp3) is 0.579. The van der Waals surface area contributed by atoms with Crippen molar-refractivity contribution in [3.05, 3.63) is 34.9 Å². The molecule has 1 amide bonds. The zero-order valence-corrected chi connectivity index (χ0v) is 15.9. The first-order valence-corrected chi connectivity index (χ1v) is 8.70. The van der Waals surface area contributed by atoms with Gasteiger partial charge in [0, 0.05) is 13.1 Å². The first-order valence-electron chi connectivity index (χ1n) is 8.70. The molecule has 1 aliphatic rings. The van der Waals surface area contributed by atoms with Gasteiger partial charge in [-0.2, -0.15) is 13.2 Å². The number of piperidine rings is 1. The number of nitrogens with zero attached hydrogens (tertiary/aromatic N) is 1. The number of esters is 1. The summed E-state index contributed by atoms with van der Waals surface area (Å²) in [5.74, 6) is -1.07. The molecule has 1 saturated heterocycles. The van der Waals surface area contributed by atoms with Crippen LogP contribution in [0.3, 0.4) is 0 Å². The lowest BCUT2D eigenvalue weighted by molar-refractivity contribution is -0.138. The third-order valence-electron chi connectivity index (χ3n) is 4.37. The molecule has 0 bridgehead atoms. The summed E-state index contributed by atoms with van der Waals surface area (Å²) in [6, 6.07) is 3.56. The number of ether oxygens (including phenoxy) is 2. The van der Waals surface area contributed by atoms with Crippen LogP contribution in [-0.2, 0) is 15.7 Å². The Kier molecular flexibility index (Phi) is 6.07. The highest BCUT2D eigenvalue weighted by molar-refractivity contribution is 5.91. The van der Waals surface area contributed by atoms with Crippen molar-refractivity contribution < 1.29 is 32.2 Å². The van der Waals surface area contributed by atoms with Crippen LogP contribution in [0, 0.1) is 0 Å². The lowest BCUT2D eigenvalue weighted by Crippen LogP contribution is -2.41. The second-order valence-electron chi connectivity index (χ2n) is 7.54. The standard InChI is InChI=1S/C19H24F3NO4/c1-18(2,3)27-17(25)23-9-7-12(8-10-23)13-5-6-15(19(20,21)22)14(11-13)16(24)26-4/h5-6,11-12H,7-10H2,1-4H3. The molecule has 1 aromatic rings. The van der Waals surface area contributed by atoms with Gasteiger partial charge in [0.05, 0.1) is 18.2 Å². The van der Waals surface area contributed by atoms with Crippen molar-refractivity contribution in [3.8, 4) is 0 Å². The summed E-state index contributed by atoms with van der Waals surface area (Å²) in [5, 5.41) is 0. The van der Waals surface area contributed by atoms with Crippen LogP contribution in [0.1, 0.15) is 61.0 Å². The van der Waals surface area contributed by atoms with E-state index >= 15 is 0 Å². The zero-order chi connectivity index (χ0) is 20.4. The molecule has 27 heavy (non-hydrogen) atoms. The van der Waals surface area contributed by atoms with E-state index in [0.717, 1.165) is 13.2 Å². The molecule has 0 saturated carbocycles. The summed E-state index contributed by atoms with van der Waals surface area (Å²) in [7, 11) is 1.05. The Morgan fingerprint density at radius 1 is 1.11 bits per heavy atom. The highest BCUT2D eigenvalue weighted by Gasteiger charge is 2.36. The molecule has 150 valence electrons. The van der Waals surface area contributed by atoms with Crippen LogP contribution in [0.5, 0.6) is 0 Å². The third kappa shape index (κ3) is 5.37. The van der Waals surface area contributed by atoms with Crippen molar-refractivity contribution >= 4 is 12.1 Å². The van der Waals surface area contributed by atoms with Gasteiger partial charge >= 0.3 is 18.2 Å². The molecule has 0 spiro atoms. The predicted molar refractivity (Wildman–Crippen MR) is 92.6 cm³/mol. The molecular weight excluding hydrogens is 363 g/mol. The predicted octanol–water partition coefficient (Wildman–Crippen LogP) is 4.61. The van der Waals surface area contributed by atoms with Crippen LogP contribution < -0.4 is 0 Å². The number of hydrogen-bond donors (Lipinski definition) is 0. The van der Waals surface area contributed by atoms with E-state index in [1.54, 1.807) is 25.7 Å². The number of carbonyl (C=O) groups excluding carboxylic acids is 2. The molecule has 0 radical (unpaired) electrons. The summed E-state index contributed by atoms with van der Waals surface area (Å²) >= 11 is 0. The number of carbonyl (C=O) groups is 2. The van der Waals surface area contributed by atoms with Gasteiger partial charge in [-0.15, -0.1) is 0 Å². The molecule has 0 N–H and O–H groups in total. The largest absolute Gasteiger partial charge is 0.465 e. The molecule has 0 aromatic heterocycles. The smallest absolute Gasteiger partial charge is 0.417 e. The summed E-state index contributed by atoms with van der Waals surface area (Å²) in [6.45, 7) is 6.24. The van der Waals surface area contributed by atoms with E-state index < -0.39 is 35.0 Å². The molecule has 8 heteroatoms. The molecular formula is C19H24F3NO4. The maximum Gasteiger partial charge on any atom is 0.417 e. The molecule has 0 unspecified atom stereocenters. The molecule has 1 aliphatic heterocycles. The number of hydrogen-bond acceptors (Lipinski definition) is 4. The van der Waals surface area contributed by atoms with Crippen molar-refractivity contribution in [1.82, 2.24) is 4.90 Å². The fourth-order valence-corrected chi connectivity index (χ4v) is 3.06. The first-order chi connectivity index (χ1) is 12.4. The molecule has 1 heterocycles. The van der Waals surface area contributed by atoms with Crippen molar-refractivity contribution in [2.75, 3.05) is 20.2 Å². The maximum absolute atomic E-state index is 13.1. The van der Waals surface area contributed by atoms with Gasteiger partial charge in [0.15, 0.2) is 0 Å². The van der Waals surface area contributed by atoms with Crippen molar-refractivity contribution in [2.45, 2.75) is 51.3 Å². The van der Waals surface area contributed by atoms with E-state index in [-0.39, 0.29) is 5.92 Å². The number of halogens is 3. The van der Waals surface area contributed by atoms with Crippen molar-refractivity contribution in [3.63, 3.8) is 0 Å². The molecule has 5 nitrogen and oxygen atoms in total. The Labute approximate surface area is 156 Å². The highest BCUT2D eigenvalue weighted by atomic mass is 19.4. The van der Waals surface area contributed by atoms with Gasteiger partial charge < -0.3 is 14.4 Å². The van der Waals surface area contributed by atoms with E-state index in [9.17, 15) is 22.8 Å². The monoisotopic (exact) mass is 387 g/mol. The van der Waals surface area contributed by atoms with Gasteiger partial charge in [0.2, 0.25) is 0 Å². The quantitative estimate of drug-likeness (QED) is 0.696. The minimum absolute atomic E-state index is 0.0469. The van der Waals surface area contributed by atoms with Crippen LogP contribution >= 0.6 is 0 Å². The van der Waals surface area contributed by atoms with Crippen LogP contribution in [0.4, 0.5) is 18.0 Å². The summed E-state index contributed by atoms with van der Waals surface area (Å²) in [4.78, 5) is 25.5. The molecule has 0 aliphatic carbocycles. The van der Waals surface area contributed by atoms with Gasteiger partial charge in [-0.1, -0.05) is 6.07 Å². The SMILES string of the molecule is COC(=O)c1cc(C2CCN(C(=O)OC(C)(C)C)CC2)ccc1C(F)(F)F. The Hall–Kier alpha value is -2.25. The Morgan fingerprint density at radius 3 is 2.19 bits per heavy atom. The van der Waals surface area contributed by atoms with Gasteiger partial charge in [0.25, 0.3) is 0 Å². The molecule has 0 atom stereocenters. The molecule has 1 fully saturated rings. The Bertz CT molecular complexity index is 702. The normalized spacial score (nSPS) is 16.2. The number of rotatable bonds is 2. The molecule has 1 aromatic carbocycles. The summed E-state index contributed by atoms with van der Waals surface area (Å²) in [5.41, 5.74) is -1.45. The average Bonchev–Trinajstić information content (AvgIpc) is 2.58. The fourth-order valence-electron chi connectivity index (χ4n) is 3.06. The van der Waals surface area contributed by atoms with Crippen LogP contribution in [0.2, 0.25) is 0 Å². The Balaban J connectivity index is 2.14. The lowest BCUT2D eigenvalue weighted by atomic mass is 9.87. The van der Waals surface area contributed by atoms with Gasteiger partial charge in [-0.3, -0.25) is 0 Å². The van der Waals surface area contributed by atoms with E-state index in [0.29, 0.717) is 31.5 Å². The topological polar surface area (TPSA) is 55.8 Å². The zero-order valence-electron chi connectivity index (χ0n) is 15.9. The number of alkyl halides is 3. The average molecular weight is 387 g/mol. The van der Waals surface area contributed by atoms with Crippen molar-refractivity contribution in [2.24, 2.45) is 0 Å². The minimum Gasteiger partial charge on any atom is -0.465 e. The minimum atomic E-state index is -4.64. The molecule has 2 rings (SSSR count). The van der Waals surface area contributed by atoms with Crippen LogP contribution in [0.15, 0.2) is 18.2 Å². The van der Waals surface area contributed by atoms with E-state index in [1.165, 1.54) is 12.1 Å². The van der Waals surface area contributed by atoms with Crippen LogP contribution in [-0.4, -0.2) is 42.8 Å². The summed E-state index contributed by atoms with van der Waals surface area (Å²) < 4.78 is 49.2. The number of benzene rings is 1. The van der Waals surface area contributed by atoms with E-state index in [2.05, 4.69) is 4.74 Å².